The van der Waals surface area contributed by atoms with Gasteiger partial charge < -0.3 is 8.98 Å². The first kappa shape index (κ1) is 21.3. The van der Waals surface area contributed by atoms with Crippen LogP contribution in [0.1, 0.15) is 16.9 Å². The average Bonchev–Trinajstić information content (AvgIpc) is 3.67. The van der Waals surface area contributed by atoms with Gasteiger partial charge in [-0.2, -0.15) is 0 Å². The van der Waals surface area contributed by atoms with E-state index in [0.29, 0.717) is 5.89 Å². The number of para-hydroxylation sites is 1. The van der Waals surface area contributed by atoms with E-state index in [-0.39, 0.29) is 0 Å². The molecular formula is C35H22N2OS. The minimum absolute atomic E-state index is 0.673. The maximum Gasteiger partial charge on any atom is 0.227 e. The second-order valence-corrected chi connectivity index (χ2v) is 11.4. The molecule has 0 N–H and O–H groups in total. The minimum atomic E-state index is 0.673. The molecule has 0 fully saturated rings. The largest absolute Gasteiger partial charge is 0.435 e. The van der Waals surface area contributed by atoms with Gasteiger partial charge in [-0.1, -0.05) is 48.5 Å². The fourth-order valence-electron chi connectivity index (χ4n) is 6.27. The number of fused-ring (bicyclic) bond motifs is 9. The smallest absolute Gasteiger partial charge is 0.227 e. The maximum absolute atomic E-state index is 6.58. The zero-order valence-corrected chi connectivity index (χ0v) is 21.8. The van der Waals surface area contributed by atoms with Gasteiger partial charge >= 0.3 is 0 Å². The fourth-order valence-corrected chi connectivity index (χ4v) is 7.45. The Hall–Kier alpha value is -4.67. The van der Waals surface area contributed by atoms with Gasteiger partial charge in [0.05, 0.1) is 11.0 Å². The summed E-state index contributed by atoms with van der Waals surface area (Å²) in [5.41, 5.74) is 7.76. The van der Waals surface area contributed by atoms with Gasteiger partial charge in [0.25, 0.3) is 0 Å². The van der Waals surface area contributed by atoms with Crippen LogP contribution in [0.4, 0.5) is 0 Å². The Morgan fingerprint density at radius 1 is 0.769 bits per heavy atom. The Balaban J connectivity index is 1.31. The Bertz CT molecular complexity index is 2280. The molecule has 9 rings (SSSR count). The lowest BCUT2D eigenvalue weighted by Gasteiger charge is -2.08. The predicted octanol–water partition coefficient (Wildman–Crippen LogP) is 9.92. The summed E-state index contributed by atoms with van der Waals surface area (Å²) in [6.07, 6.45) is 6.66. The lowest BCUT2D eigenvalue weighted by molar-refractivity contribution is 0.623. The molecular weight excluding hydrogens is 496 g/mol. The van der Waals surface area contributed by atoms with Crippen LogP contribution in [-0.4, -0.2) is 9.55 Å². The molecule has 5 aromatic carbocycles. The second kappa shape index (κ2) is 7.92. The number of nitrogens with zero attached hydrogens (tertiary/aromatic N) is 2. The van der Waals surface area contributed by atoms with Crippen LogP contribution < -0.4 is 0 Å². The molecule has 0 saturated carbocycles. The van der Waals surface area contributed by atoms with E-state index in [4.69, 9.17) is 9.40 Å². The molecule has 8 aromatic rings. The van der Waals surface area contributed by atoms with Crippen molar-refractivity contribution in [3.05, 3.63) is 114 Å². The molecule has 0 atom stereocenters. The summed E-state index contributed by atoms with van der Waals surface area (Å²) in [4.78, 5) is 6.33. The van der Waals surface area contributed by atoms with Gasteiger partial charge in [-0.3, -0.25) is 0 Å². The van der Waals surface area contributed by atoms with Gasteiger partial charge in [0.15, 0.2) is 5.58 Å². The number of allylic oxidation sites excluding steroid dienone is 1. The highest BCUT2D eigenvalue weighted by Crippen LogP contribution is 2.42. The molecule has 3 nitrogen and oxygen atoms in total. The van der Waals surface area contributed by atoms with Crippen molar-refractivity contribution in [2.24, 2.45) is 0 Å². The van der Waals surface area contributed by atoms with Crippen molar-refractivity contribution in [2.45, 2.75) is 12.8 Å². The Morgan fingerprint density at radius 2 is 1.59 bits per heavy atom. The number of benzene rings is 5. The van der Waals surface area contributed by atoms with Crippen molar-refractivity contribution in [1.82, 2.24) is 9.55 Å². The summed E-state index contributed by atoms with van der Waals surface area (Å²) < 4.78 is 10.2. The van der Waals surface area contributed by atoms with Crippen LogP contribution >= 0.6 is 11.3 Å². The Kier molecular flexibility index (Phi) is 4.32. The molecule has 0 radical (unpaired) electrons. The molecule has 0 amide bonds. The van der Waals surface area contributed by atoms with E-state index < -0.39 is 0 Å². The highest BCUT2D eigenvalue weighted by Gasteiger charge is 2.20. The summed E-state index contributed by atoms with van der Waals surface area (Å²) in [6.45, 7) is 0. The van der Waals surface area contributed by atoms with Gasteiger partial charge in [-0.25, -0.2) is 4.98 Å². The summed E-state index contributed by atoms with van der Waals surface area (Å²) in [7, 11) is 0. The van der Waals surface area contributed by atoms with Crippen molar-refractivity contribution < 1.29 is 4.42 Å². The van der Waals surface area contributed by atoms with E-state index in [1.165, 1.54) is 53.1 Å². The molecule has 0 bridgehead atoms. The molecule has 39 heavy (non-hydrogen) atoms. The first-order valence-corrected chi connectivity index (χ1v) is 14.2. The van der Waals surface area contributed by atoms with Crippen LogP contribution in [0, 0.1) is 0 Å². The summed E-state index contributed by atoms with van der Waals surface area (Å²) in [6, 6.07) is 34.7. The molecule has 3 aromatic heterocycles. The van der Waals surface area contributed by atoms with Crippen LogP contribution in [0.2, 0.25) is 0 Å². The molecule has 184 valence electrons. The summed E-state index contributed by atoms with van der Waals surface area (Å²) in [5, 5.41) is 6.14. The third-order valence-corrected chi connectivity index (χ3v) is 9.23. The summed E-state index contributed by atoms with van der Waals surface area (Å²) >= 11 is 1.85. The predicted molar refractivity (Wildman–Crippen MR) is 164 cm³/mol. The average molecular weight is 519 g/mol. The zero-order chi connectivity index (χ0) is 25.5. The normalized spacial score (nSPS) is 13.3. The topological polar surface area (TPSA) is 31.0 Å². The highest BCUT2D eigenvalue weighted by molar-refractivity contribution is 7.20. The molecule has 1 aliphatic rings. The minimum Gasteiger partial charge on any atom is -0.435 e. The van der Waals surface area contributed by atoms with Crippen molar-refractivity contribution >= 4 is 71.2 Å². The van der Waals surface area contributed by atoms with E-state index in [1.54, 1.807) is 0 Å². The molecule has 1 aliphatic carbocycles. The van der Waals surface area contributed by atoms with Gasteiger partial charge in [0.2, 0.25) is 5.89 Å². The molecule has 3 heterocycles. The van der Waals surface area contributed by atoms with Crippen molar-refractivity contribution in [2.75, 3.05) is 0 Å². The van der Waals surface area contributed by atoms with Crippen LogP contribution in [0.15, 0.2) is 108 Å². The third kappa shape index (κ3) is 3.06. The monoisotopic (exact) mass is 518 g/mol. The standard InChI is InChI=1S/C35H22N2OS/c1-2-10-24(11-3-1)37-29-16-14-23(19-26(29)27-18-21-8-4-5-9-22(21)20-30(27)37)35-36-28-15-17-32-33(34(28)38-35)25-12-6-7-13-31(25)39-32/h1-5,7-11,13-20H,6,12H2. The number of thiophene rings is 1. The highest BCUT2D eigenvalue weighted by atomic mass is 32.1. The third-order valence-electron chi connectivity index (χ3n) is 8.06. The van der Waals surface area contributed by atoms with Crippen molar-refractivity contribution in [3.63, 3.8) is 0 Å². The molecule has 4 heteroatoms. The Labute approximate surface area is 228 Å². The lowest BCUT2D eigenvalue weighted by Crippen LogP contribution is -1.93. The van der Waals surface area contributed by atoms with Crippen LogP contribution in [0.5, 0.6) is 0 Å². The van der Waals surface area contributed by atoms with Crippen LogP contribution in [0.3, 0.4) is 0 Å². The van der Waals surface area contributed by atoms with Gasteiger partial charge in [0.1, 0.15) is 5.52 Å². The number of rotatable bonds is 2. The summed E-state index contributed by atoms with van der Waals surface area (Å²) in [5.74, 6) is 0.673. The number of hydrogen-bond donors (Lipinski definition) is 0. The fraction of sp³-hybridized carbons (Fsp3) is 0.0571. The maximum atomic E-state index is 6.58. The quantitative estimate of drug-likeness (QED) is 0.228. The van der Waals surface area contributed by atoms with Crippen molar-refractivity contribution in [3.8, 4) is 17.1 Å². The Morgan fingerprint density at radius 3 is 2.49 bits per heavy atom. The number of aryl methyl sites for hydroxylation is 1. The van der Waals surface area contributed by atoms with Crippen molar-refractivity contribution in [1.29, 1.82) is 0 Å². The number of hydrogen-bond acceptors (Lipinski definition) is 3. The van der Waals surface area contributed by atoms with Gasteiger partial charge in [0, 0.05) is 37.0 Å². The molecule has 0 aliphatic heterocycles. The van der Waals surface area contributed by atoms with E-state index in [0.717, 1.165) is 35.2 Å². The molecule has 0 saturated heterocycles. The number of oxazole rings is 1. The first-order chi connectivity index (χ1) is 19.3. The van der Waals surface area contributed by atoms with E-state index in [9.17, 15) is 0 Å². The van der Waals surface area contributed by atoms with Gasteiger partial charge in [-0.15, -0.1) is 11.3 Å². The number of aromatic nitrogens is 2. The first-order valence-electron chi connectivity index (χ1n) is 13.4. The van der Waals surface area contributed by atoms with Crippen LogP contribution in [0.25, 0.3) is 77.0 Å². The molecule has 0 spiro atoms. The van der Waals surface area contributed by atoms with E-state index in [2.05, 4.69) is 114 Å². The molecule has 0 unspecified atom stereocenters. The second-order valence-electron chi connectivity index (χ2n) is 10.3. The lowest BCUT2D eigenvalue weighted by atomic mass is 10.0. The van der Waals surface area contributed by atoms with Crippen LogP contribution in [-0.2, 0) is 6.42 Å². The SMILES string of the molecule is C1=Cc2sc3ccc4nc(-c5ccc6c(c5)c5cc7ccccc7cc5n6-c5ccccc5)oc4c3c2CC1. The van der Waals surface area contributed by atoms with E-state index >= 15 is 0 Å². The van der Waals surface area contributed by atoms with Gasteiger partial charge in [-0.05, 0) is 89.9 Å². The van der Waals surface area contributed by atoms with E-state index in [1.807, 2.05) is 11.3 Å². The zero-order valence-electron chi connectivity index (χ0n) is 21.0.